The van der Waals surface area contributed by atoms with Crippen LogP contribution in [0.3, 0.4) is 0 Å². The van der Waals surface area contributed by atoms with Crippen molar-refractivity contribution in [2.75, 3.05) is 0 Å². The van der Waals surface area contributed by atoms with Crippen molar-refractivity contribution in [2.45, 2.75) is 40.2 Å². The highest BCUT2D eigenvalue weighted by Crippen LogP contribution is 2.33. The summed E-state index contributed by atoms with van der Waals surface area (Å²) in [5.41, 5.74) is 6.79. The number of hydrogen-bond acceptors (Lipinski definition) is 1. The highest BCUT2D eigenvalue weighted by atomic mass is 35.5. The molecule has 1 nitrogen and oxygen atoms in total. The van der Waals surface area contributed by atoms with Crippen molar-refractivity contribution in [3.8, 4) is 0 Å². The summed E-state index contributed by atoms with van der Waals surface area (Å²) in [4.78, 5) is 0. The third-order valence-corrected chi connectivity index (χ3v) is 3.68. The quantitative estimate of drug-likeness (QED) is 0.845. The molecule has 0 aromatic heterocycles. The van der Waals surface area contributed by atoms with Crippen LogP contribution in [0.1, 0.15) is 45.7 Å². The van der Waals surface area contributed by atoms with E-state index in [-0.39, 0.29) is 17.3 Å². The molecule has 17 heavy (non-hydrogen) atoms. The Labute approximate surface area is 108 Å². The van der Waals surface area contributed by atoms with E-state index in [9.17, 15) is 4.39 Å². The SMILES string of the molecule is CC(CC(N)c1ccc(Cl)cc1F)C(C)(C)C. The van der Waals surface area contributed by atoms with Gasteiger partial charge in [-0.2, -0.15) is 0 Å². The van der Waals surface area contributed by atoms with Gasteiger partial charge < -0.3 is 5.73 Å². The molecule has 0 heterocycles. The van der Waals surface area contributed by atoms with E-state index in [1.54, 1.807) is 12.1 Å². The second-order valence-corrected chi connectivity index (χ2v) is 6.21. The smallest absolute Gasteiger partial charge is 0.129 e. The largest absolute Gasteiger partial charge is 0.324 e. The molecule has 0 bridgehead atoms. The Bertz CT molecular complexity index is 384. The molecule has 0 spiro atoms. The normalized spacial score (nSPS) is 15.7. The van der Waals surface area contributed by atoms with Crippen molar-refractivity contribution in [2.24, 2.45) is 17.1 Å². The number of benzene rings is 1. The number of halogens is 2. The lowest BCUT2D eigenvalue weighted by atomic mass is 9.78. The van der Waals surface area contributed by atoms with E-state index >= 15 is 0 Å². The summed E-state index contributed by atoms with van der Waals surface area (Å²) in [5.74, 6) is 0.110. The van der Waals surface area contributed by atoms with E-state index in [2.05, 4.69) is 27.7 Å². The van der Waals surface area contributed by atoms with Crippen molar-refractivity contribution < 1.29 is 4.39 Å². The number of nitrogens with two attached hydrogens (primary N) is 1. The minimum Gasteiger partial charge on any atom is -0.324 e. The fourth-order valence-electron chi connectivity index (χ4n) is 1.66. The molecule has 0 aliphatic rings. The molecule has 2 unspecified atom stereocenters. The zero-order chi connectivity index (χ0) is 13.2. The molecular formula is C14H21ClFN. The first-order valence-corrected chi connectivity index (χ1v) is 6.30. The van der Waals surface area contributed by atoms with E-state index in [0.717, 1.165) is 6.42 Å². The Kier molecular flexibility index (Phi) is 4.56. The summed E-state index contributed by atoms with van der Waals surface area (Å²) < 4.78 is 13.7. The topological polar surface area (TPSA) is 26.0 Å². The zero-order valence-electron chi connectivity index (χ0n) is 10.9. The number of hydrogen-bond donors (Lipinski definition) is 1. The highest BCUT2D eigenvalue weighted by Gasteiger charge is 2.23. The summed E-state index contributed by atoms with van der Waals surface area (Å²) in [5, 5.41) is 0.405. The van der Waals surface area contributed by atoms with Gasteiger partial charge in [-0.05, 0) is 29.9 Å². The van der Waals surface area contributed by atoms with E-state index in [1.807, 2.05) is 0 Å². The second kappa shape index (κ2) is 5.36. The molecule has 2 N–H and O–H groups in total. The Morgan fingerprint density at radius 3 is 2.41 bits per heavy atom. The van der Waals surface area contributed by atoms with Crippen LogP contribution in [0.5, 0.6) is 0 Å². The minimum absolute atomic E-state index is 0.181. The van der Waals surface area contributed by atoms with Gasteiger partial charge in [0.05, 0.1) is 0 Å². The molecule has 0 aliphatic heterocycles. The summed E-state index contributed by atoms with van der Waals surface area (Å²) in [6.07, 6.45) is 0.766. The predicted octanol–water partition coefficient (Wildman–Crippen LogP) is 4.55. The van der Waals surface area contributed by atoms with Gasteiger partial charge in [-0.15, -0.1) is 0 Å². The monoisotopic (exact) mass is 257 g/mol. The summed E-state index contributed by atoms with van der Waals surface area (Å²) >= 11 is 5.72. The molecule has 0 aliphatic carbocycles. The van der Waals surface area contributed by atoms with Gasteiger partial charge in [0, 0.05) is 16.6 Å². The van der Waals surface area contributed by atoms with Gasteiger partial charge in [0.15, 0.2) is 0 Å². The van der Waals surface area contributed by atoms with Gasteiger partial charge in [-0.1, -0.05) is 45.4 Å². The molecular weight excluding hydrogens is 237 g/mol. The molecule has 1 aromatic rings. The fraction of sp³-hybridized carbons (Fsp3) is 0.571. The van der Waals surface area contributed by atoms with Gasteiger partial charge in [0.2, 0.25) is 0 Å². The summed E-state index contributed by atoms with van der Waals surface area (Å²) in [7, 11) is 0. The molecule has 2 atom stereocenters. The van der Waals surface area contributed by atoms with Gasteiger partial charge in [-0.3, -0.25) is 0 Å². The van der Waals surface area contributed by atoms with Crippen LogP contribution in [0.25, 0.3) is 0 Å². The van der Waals surface area contributed by atoms with Crippen molar-refractivity contribution >= 4 is 11.6 Å². The number of rotatable bonds is 3. The van der Waals surface area contributed by atoms with Crippen LogP contribution in [-0.4, -0.2) is 0 Å². The average Bonchev–Trinajstić information content (AvgIpc) is 2.15. The molecule has 96 valence electrons. The van der Waals surface area contributed by atoms with Crippen LogP contribution < -0.4 is 5.73 Å². The standard InChI is InChI=1S/C14H21ClFN/c1-9(14(2,3)4)7-13(17)11-6-5-10(15)8-12(11)16/h5-6,8-9,13H,7,17H2,1-4H3. The van der Waals surface area contributed by atoms with Gasteiger partial charge in [0.1, 0.15) is 5.82 Å². The molecule has 1 aromatic carbocycles. The van der Waals surface area contributed by atoms with E-state index < -0.39 is 0 Å². The first kappa shape index (κ1) is 14.5. The van der Waals surface area contributed by atoms with Crippen LogP contribution in [0.15, 0.2) is 18.2 Å². The Morgan fingerprint density at radius 1 is 1.35 bits per heavy atom. The van der Waals surface area contributed by atoms with E-state index in [0.29, 0.717) is 16.5 Å². The van der Waals surface area contributed by atoms with Crippen molar-refractivity contribution in [3.63, 3.8) is 0 Å². The van der Waals surface area contributed by atoms with Gasteiger partial charge in [-0.25, -0.2) is 4.39 Å². The lowest BCUT2D eigenvalue weighted by Gasteiger charge is -2.29. The minimum atomic E-state index is -0.314. The average molecular weight is 258 g/mol. The molecule has 0 radical (unpaired) electrons. The maximum atomic E-state index is 13.7. The summed E-state index contributed by atoms with van der Waals surface area (Å²) in [6.45, 7) is 8.65. The van der Waals surface area contributed by atoms with E-state index in [1.165, 1.54) is 6.07 Å². The molecule has 1 rings (SSSR count). The maximum Gasteiger partial charge on any atom is 0.129 e. The lowest BCUT2D eigenvalue weighted by Crippen LogP contribution is -2.23. The summed E-state index contributed by atoms with van der Waals surface area (Å²) in [6, 6.07) is 4.40. The zero-order valence-corrected chi connectivity index (χ0v) is 11.7. The molecule has 0 saturated carbocycles. The van der Waals surface area contributed by atoms with Crippen molar-refractivity contribution in [1.29, 1.82) is 0 Å². The maximum absolute atomic E-state index is 13.7. The Hall–Kier alpha value is -0.600. The van der Waals surface area contributed by atoms with Crippen LogP contribution in [0.4, 0.5) is 4.39 Å². The van der Waals surface area contributed by atoms with Gasteiger partial charge >= 0.3 is 0 Å². The third kappa shape index (κ3) is 3.97. The van der Waals surface area contributed by atoms with Crippen molar-refractivity contribution in [3.05, 3.63) is 34.6 Å². The Balaban J connectivity index is 2.80. The third-order valence-electron chi connectivity index (χ3n) is 3.45. The molecule has 0 fully saturated rings. The van der Waals surface area contributed by atoms with Crippen LogP contribution in [0.2, 0.25) is 5.02 Å². The first-order valence-electron chi connectivity index (χ1n) is 5.92. The fourth-order valence-corrected chi connectivity index (χ4v) is 1.82. The van der Waals surface area contributed by atoms with Crippen molar-refractivity contribution in [1.82, 2.24) is 0 Å². The second-order valence-electron chi connectivity index (χ2n) is 5.78. The van der Waals surface area contributed by atoms with Gasteiger partial charge in [0.25, 0.3) is 0 Å². The molecule has 0 amide bonds. The molecule has 3 heteroatoms. The lowest BCUT2D eigenvalue weighted by molar-refractivity contribution is 0.233. The highest BCUT2D eigenvalue weighted by molar-refractivity contribution is 6.30. The van der Waals surface area contributed by atoms with Crippen LogP contribution in [-0.2, 0) is 0 Å². The van der Waals surface area contributed by atoms with E-state index in [4.69, 9.17) is 17.3 Å². The first-order chi connectivity index (χ1) is 7.71. The predicted molar refractivity (Wildman–Crippen MR) is 71.6 cm³/mol. The Morgan fingerprint density at radius 2 is 1.94 bits per heavy atom. The van der Waals surface area contributed by atoms with Crippen LogP contribution >= 0.6 is 11.6 Å². The van der Waals surface area contributed by atoms with Crippen LogP contribution in [0, 0.1) is 17.2 Å². The molecule has 0 saturated heterocycles.